The third kappa shape index (κ3) is 4.08. The van der Waals surface area contributed by atoms with Crippen LogP contribution < -0.4 is 5.32 Å². The molecule has 1 aromatic heterocycles. The van der Waals surface area contributed by atoms with Crippen molar-refractivity contribution in [3.63, 3.8) is 0 Å². The molecule has 21 heavy (non-hydrogen) atoms. The van der Waals surface area contributed by atoms with Crippen LogP contribution in [-0.4, -0.2) is 23.4 Å². The predicted octanol–water partition coefficient (Wildman–Crippen LogP) is 3.60. The van der Waals surface area contributed by atoms with E-state index in [1.54, 1.807) is 0 Å². The van der Waals surface area contributed by atoms with Crippen LogP contribution in [0, 0.1) is 19.8 Å². The molecule has 3 nitrogen and oxygen atoms in total. The van der Waals surface area contributed by atoms with E-state index < -0.39 is 0 Å². The van der Waals surface area contributed by atoms with Crippen LogP contribution in [0.4, 0.5) is 0 Å². The number of nitrogens with one attached hydrogen (secondary N) is 1. The summed E-state index contributed by atoms with van der Waals surface area (Å²) in [6.07, 6.45) is 1.07. The Kier molecular flexibility index (Phi) is 5.43. The van der Waals surface area contributed by atoms with Gasteiger partial charge in [0.15, 0.2) is 0 Å². The molecule has 1 atom stereocenters. The zero-order valence-corrected chi connectivity index (χ0v) is 14.0. The molecular weight excluding hydrogens is 282 g/mol. The highest BCUT2D eigenvalue weighted by Crippen LogP contribution is 2.19. The Hall–Kier alpha value is -1.32. The van der Waals surface area contributed by atoms with E-state index >= 15 is 0 Å². The van der Waals surface area contributed by atoms with Crippen LogP contribution in [0.1, 0.15) is 29.4 Å². The molecule has 4 heteroatoms. The van der Waals surface area contributed by atoms with Crippen LogP contribution in [0.25, 0.3) is 0 Å². The molecule has 114 valence electrons. The predicted molar refractivity (Wildman–Crippen MR) is 89.0 cm³/mol. The van der Waals surface area contributed by atoms with Gasteiger partial charge in [0.1, 0.15) is 0 Å². The van der Waals surface area contributed by atoms with Gasteiger partial charge in [0.25, 0.3) is 0 Å². The first-order valence-electron chi connectivity index (χ1n) is 7.43. The van der Waals surface area contributed by atoms with Crippen molar-refractivity contribution in [2.45, 2.75) is 33.7 Å². The normalized spacial score (nSPS) is 12.6. The molecule has 0 spiro atoms. The third-order valence-corrected chi connectivity index (χ3v) is 4.13. The number of aromatic nitrogens is 2. The quantitative estimate of drug-likeness (QED) is 0.883. The topological polar surface area (TPSA) is 29.9 Å². The summed E-state index contributed by atoms with van der Waals surface area (Å²) in [6.45, 7) is 8.36. The summed E-state index contributed by atoms with van der Waals surface area (Å²) < 4.78 is 2.10. The van der Waals surface area contributed by atoms with Crippen molar-refractivity contribution < 1.29 is 0 Å². The molecule has 0 fully saturated rings. The molecule has 0 amide bonds. The maximum atomic E-state index is 5.93. The van der Waals surface area contributed by atoms with Crippen molar-refractivity contribution in [1.82, 2.24) is 15.1 Å². The maximum Gasteiger partial charge on any atom is 0.0662 e. The lowest BCUT2D eigenvalue weighted by Gasteiger charge is -2.11. The number of benzene rings is 1. The number of halogens is 1. The summed E-state index contributed by atoms with van der Waals surface area (Å²) >= 11 is 5.93. The minimum absolute atomic E-state index is 0.612. The molecule has 0 aliphatic carbocycles. The lowest BCUT2D eigenvalue weighted by atomic mass is 9.99. The molecule has 0 saturated carbocycles. The average molecular weight is 306 g/mol. The first kappa shape index (κ1) is 16.1. The Morgan fingerprint density at radius 1 is 1.24 bits per heavy atom. The van der Waals surface area contributed by atoms with Crippen molar-refractivity contribution in [3.8, 4) is 0 Å². The molecule has 0 saturated heterocycles. The highest BCUT2D eigenvalue weighted by molar-refractivity contribution is 6.30. The fourth-order valence-electron chi connectivity index (χ4n) is 2.72. The Morgan fingerprint density at radius 2 is 1.90 bits per heavy atom. The van der Waals surface area contributed by atoms with Gasteiger partial charge in [-0.1, -0.05) is 30.7 Å². The van der Waals surface area contributed by atoms with E-state index in [4.69, 9.17) is 16.7 Å². The molecule has 1 N–H and O–H groups in total. The monoisotopic (exact) mass is 305 g/mol. The van der Waals surface area contributed by atoms with Crippen molar-refractivity contribution in [1.29, 1.82) is 0 Å². The van der Waals surface area contributed by atoms with Gasteiger partial charge in [-0.25, -0.2) is 0 Å². The fraction of sp³-hybridized carbons (Fsp3) is 0.471. The van der Waals surface area contributed by atoms with Crippen LogP contribution in [0.2, 0.25) is 5.02 Å². The molecule has 1 heterocycles. The van der Waals surface area contributed by atoms with E-state index in [-0.39, 0.29) is 0 Å². The van der Waals surface area contributed by atoms with Gasteiger partial charge in [0.05, 0.1) is 12.2 Å². The number of hydrogen-bond acceptors (Lipinski definition) is 2. The Bertz CT molecular complexity index is 587. The van der Waals surface area contributed by atoms with Gasteiger partial charge >= 0.3 is 0 Å². The van der Waals surface area contributed by atoms with E-state index in [2.05, 4.69) is 42.9 Å². The first-order chi connectivity index (χ1) is 10.0. The molecule has 0 aliphatic heterocycles. The highest BCUT2D eigenvalue weighted by Gasteiger charge is 2.14. The van der Waals surface area contributed by atoms with Crippen molar-refractivity contribution in [2.75, 3.05) is 13.6 Å². The summed E-state index contributed by atoms with van der Waals surface area (Å²) in [6, 6.07) is 7.97. The molecular formula is C17H24ClN3. The Balaban J connectivity index is 2.16. The van der Waals surface area contributed by atoms with Gasteiger partial charge in [0.2, 0.25) is 0 Å². The van der Waals surface area contributed by atoms with Crippen molar-refractivity contribution in [3.05, 3.63) is 51.8 Å². The Labute approximate surface area is 132 Å². The second kappa shape index (κ2) is 7.10. The molecule has 2 rings (SSSR count). The van der Waals surface area contributed by atoms with Gasteiger partial charge in [-0.15, -0.1) is 0 Å². The van der Waals surface area contributed by atoms with Crippen LogP contribution in [0.3, 0.4) is 0 Å². The zero-order valence-electron chi connectivity index (χ0n) is 13.3. The summed E-state index contributed by atoms with van der Waals surface area (Å²) in [5.74, 6) is 0.612. The van der Waals surface area contributed by atoms with Crippen molar-refractivity contribution in [2.24, 2.45) is 5.92 Å². The highest BCUT2D eigenvalue weighted by atomic mass is 35.5. The molecule has 0 aliphatic rings. The lowest BCUT2D eigenvalue weighted by molar-refractivity contribution is 0.538. The minimum Gasteiger partial charge on any atom is -0.319 e. The lowest BCUT2D eigenvalue weighted by Crippen LogP contribution is -2.18. The third-order valence-electron chi connectivity index (χ3n) is 3.88. The minimum atomic E-state index is 0.612. The molecule has 1 unspecified atom stereocenters. The van der Waals surface area contributed by atoms with E-state index in [1.807, 2.05) is 19.2 Å². The number of hydrogen-bond donors (Lipinski definition) is 1. The number of rotatable bonds is 6. The molecule has 2 aromatic rings. The fourth-order valence-corrected chi connectivity index (χ4v) is 2.84. The van der Waals surface area contributed by atoms with Crippen LogP contribution in [0.15, 0.2) is 24.3 Å². The summed E-state index contributed by atoms with van der Waals surface area (Å²) in [5.41, 5.74) is 5.02. The smallest absolute Gasteiger partial charge is 0.0662 e. The summed E-state index contributed by atoms with van der Waals surface area (Å²) in [7, 11) is 2.00. The van der Waals surface area contributed by atoms with Gasteiger partial charge in [-0.3, -0.25) is 4.68 Å². The zero-order chi connectivity index (χ0) is 15.4. The molecule has 0 bridgehead atoms. The molecule has 0 radical (unpaired) electrons. The second-order valence-corrected chi connectivity index (χ2v) is 6.24. The summed E-state index contributed by atoms with van der Waals surface area (Å²) in [4.78, 5) is 0. The standard InChI is InChI=1S/C17H24ClN3/c1-12(10-19-4)9-17-13(2)20-21(14(17)3)11-15-5-7-16(18)8-6-15/h5-8,12,19H,9-11H2,1-4H3. The summed E-state index contributed by atoms with van der Waals surface area (Å²) in [5, 5.41) is 8.72. The largest absolute Gasteiger partial charge is 0.319 e. The number of nitrogens with zero attached hydrogens (tertiary/aromatic N) is 2. The van der Waals surface area contributed by atoms with Crippen LogP contribution in [0.5, 0.6) is 0 Å². The van der Waals surface area contributed by atoms with Gasteiger partial charge in [-0.2, -0.15) is 5.10 Å². The van der Waals surface area contributed by atoms with E-state index in [9.17, 15) is 0 Å². The van der Waals surface area contributed by atoms with Gasteiger partial charge in [-0.05, 0) is 63.0 Å². The SMILES string of the molecule is CNCC(C)Cc1c(C)nn(Cc2ccc(Cl)cc2)c1C. The van der Waals surface area contributed by atoms with Crippen LogP contribution >= 0.6 is 11.6 Å². The van der Waals surface area contributed by atoms with E-state index in [1.165, 1.54) is 16.8 Å². The Morgan fingerprint density at radius 3 is 2.52 bits per heavy atom. The van der Waals surface area contributed by atoms with Crippen LogP contribution in [-0.2, 0) is 13.0 Å². The van der Waals surface area contributed by atoms with E-state index in [0.29, 0.717) is 5.92 Å². The molecule has 1 aromatic carbocycles. The maximum absolute atomic E-state index is 5.93. The van der Waals surface area contributed by atoms with Gasteiger partial charge < -0.3 is 5.32 Å². The number of aryl methyl sites for hydroxylation is 1. The van der Waals surface area contributed by atoms with Crippen molar-refractivity contribution >= 4 is 11.6 Å². The first-order valence-corrected chi connectivity index (χ1v) is 7.81. The average Bonchev–Trinajstić information content (AvgIpc) is 2.69. The second-order valence-electron chi connectivity index (χ2n) is 5.80. The van der Waals surface area contributed by atoms with Gasteiger partial charge in [0, 0.05) is 10.7 Å². The van der Waals surface area contributed by atoms with E-state index in [0.717, 1.165) is 30.2 Å².